The molecule has 6 nitrogen and oxygen atoms in total. The number of rotatable bonds is 9. The number of alkyl halides is 6. The molecule has 0 saturated carbocycles. The lowest BCUT2D eigenvalue weighted by Crippen LogP contribution is -2.30. The van der Waals surface area contributed by atoms with Crippen molar-refractivity contribution < 1.29 is 44.8 Å². The van der Waals surface area contributed by atoms with Gasteiger partial charge >= 0.3 is 12.4 Å². The van der Waals surface area contributed by atoms with Gasteiger partial charge in [0.15, 0.2) is 5.82 Å². The van der Waals surface area contributed by atoms with Gasteiger partial charge in [0.25, 0.3) is 5.91 Å². The summed E-state index contributed by atoms with van der Waals surface area (Å²) in [6, 6.07) is 15.4. The van der Waals surface area contributed by atoms with Crippen molar-refractivity contribution in [1.82, 2.24) is 15.5 Å². The number of hydrogen-bond donors (Lipinski definition) is 1. The van der Waals surface area contributed by atoms with Gasteiger partial charge < -0.3 is 14.6 Å². The van der Waals surface area contributed by atoms with Gasteiger partial charge in [0.05, 0.1) is 28.3 Å². The van der Waals surface area contributed by atoms with E-state index in [0.717, 1.165) is 17.2 Å². The maximum Gasteiger partial charge on any atom is 0.416 e. The van der Waals surface area contributed by atoms with Crippen molar-refractivity contribution in [3.8, 4) is 28.0 Å². The van der Waals surface area contributed by atoms with E-state index in [0.29, 0.717) is 17.7 Å². The van der Waals surface area contributed by atoms with E-state index in [2.05, 4.69) is 15.5 Å². The molecule has 0 aliphatic rings. The number of aryl methyl sites for hydroxylation is 1. The molecule has 0 saturated heterocycles. The fourth-order valence-corrected chi connectivity index (χ4v) is 5.11. The first-order valence-electron chi connectivity index (χ1n) is 14.3. The molecule has 250 valence electrons. The van der Waals surface area contributed by atoms with E-state index < -0.39 is 46.8 Å². The minimum Gasteiger partial charge on any atom is -0.493 e. The Hall–Kier alpha value is -4.91. The predicted octanol–water partition coefficient (Wildman–Crippen LogP) is 9.65. The van der Waals surface area contributed by atoms with E-state index in [1.165, 1.54) is 24.3 Å². The molecule has 0 radical (unpaired) electrons. The SMILES string of the molecule is CCOc1ccc(-c2cc(C(F)(F)F)cc(C(F)(F)F)c2)cc1C(=O)N[C@H](Cc1ccc(-c2ccc(F)c(Cl)c2)cc1)c1nc(C)no1. The summed E-state index contributed by atoms with van der Waals surface area (Å²) in [5.41, 5.74) is -1.48. The average Bonchev–Trinajstić information content (AvgIpc) is 3.47. The van der Waals surface area contributed by atoms with Crippen LogP contribution in [0.2, 0.25) is 5.02 Å². The number of aromatic nitrogens is 2. The van der Waals surface area contributed by atoms with E-state index in [-0.39, 0.29) is 52.7 Å². The van der Waals surface area contributed by atoms with Crippen molar-refractivity contribution >= 4 is 17.5 Å². The highest BCUT2D eigenvalue weighted by Crippen LogP contribution is 2.39. The summed E-state index contributed by atoms with van der Waals surface area (Å²) < 4.78 is 106. The number of benzene rings is 4. The van der Waals surface area contributed by atoms with Crippen molar-refractivity contribution in [2.45, 2.75) is 38.7 Å². The molecular weight excluding hydrogens is 667 g/mol. The Labute approximate surface area is 274 Å². The minimum absolute atomic E-state index is 0.0318. The first-order valence-corrected chi connectivity index (χ1v) is 14.7. The monoisotopic (exact) mass is 691 g/mol. The Morgan fingerprint density at radius 2 is 1.46 bits per heavy atom. The van der Waals surface area contributed by atoms with Gasteiger partial charge in [-0.1, -0.05) is 53.2 Å². The van der Waals surface area contributed by atoms with E-state index in [4.69, 9.17) is 20.9 Å². The number of nitrogens with zero attached hydrogens (tertiary/aromatic N) is 2. The molecule has 0 fully saturated rings. The van der Waals surface area contributed by atoms with Crippen LogP contribution in [0.15, 0.2) is 83.4 Å². The Bertz CT molecular complexity index is 1910. The van der Waals surface area contributed by atoms with Gasteiger partial charge in [-0.3, -0.25) is 4.79 Å². The van der Waals surface area contributed by atoms with Crippen molar-refractivity contribution in [1.29, 1.82) is 0 Å². The van der Waals surface area contributed by atoms with Crippen LogP contribution < -0.4 is 10.1 Å². The fourth-order valence-electron chi connectivity index (χ4n) is 4.93. The highest BCUT2D eigenvalue weighted by molar-refractivity contribution is 6.31. The quantitative estimate of drug-likeness (QED) is 0.156. The first-order chi connectivity index (χ1) is 22.6. The molecule has 0 bridgehead atoms. The Morgan fingerprint density at radius 3 is 2.02 bits per heavy atom. The lowest BCUT2D eigenvalue weighted by atomic mass is 9.97. The van der Waals surface area contributed by atoms with Crippen LogP contribution in [0, 0.1) is 12.7 Å². The standard InChI is InChI=1S/C34H25ClF7N3O3/c1-3-47-30-11-9-21(23-13-24(33(37,38)39)17-25(14-23)34(40,41)42)15-26(30)31(46)44-29(32-43-18(2)45-48-32)12-19-4-6-20(7-5-19)22-8-10-28(36)27(35)16-22/h4-11,13-17,29H,3,12H2,1-2H3,(H,44,46)/t29-/m1/s1. The number of carbonyl (C=O) groups is 1. The second-order valence-corrected chi connectivity index (χ2v) is 11.1. The van der Waals surface area contributed by atoms with Gasteiger partial charge in [-0.15, -0.1) is 0 Å². The molecule has 5 rings (SSSR count). The van der Waals surface area contributed by atoms with Gasteiger partial charge in [0.1, 0.15) is 17.6 Å². The molecule has 5 aromatic rings. The van der Waals surface area contributed by atoms with Crippen LogP contribution in [0.3, 0.4) is 0 Å². The molecule has 1 atom stereocenters. The summed E-state index contributed by atoms with van der Waals surface area (Å²) in [5, 5.41) is 6.55. The second-order valence-electron chi connectivity index (χ2n) is 10.7. The van der Waals surface area contributed by atoms with Gasteiger partial charge in [0, 0.05) is 6.42 Å². The molecule has 0 aliphatic heterocycles. The summed E-state index contributed by atoms with van der Waals surface area (Å²) in [6.07, 6.45) is -9.97. The fraction of sp³-hybridized carbons (Fsp3) is 0.206. The van der Waals surface area contributed by atoms with Gasteiger partial charge in [-0.25, -0.2) is 4.39 Å². The zero-order chi connectivity index (χ0) is 34.8. The molecule has 48 heavy (non-hydrogen) atoms. The van der Waals surface area contributed by atoms with Crippen LogP contribution >= 0.6 is 11.6 Å². The predicted molar refractivity (Wildman–Crippen MR) is 163 cm³/mol. The maximum absolute atomic E-state index is 13.8. The van der Waals surface area contributed by atoms with Crippen LogP contribution in [0.4, 0.5) is 30.7 Å². The average molecular weight is 692 g/mol. The number of carbonyl (C=O) groups excluding carboxylic acids is 1. The van der Waals surface area contributed by atoms with E-state index in [9.17, 15) is 35.5 Å². The molecule has 1 amide bonds. The van der Waals surface area contributed by atoms with Gasteiger partial charge in [-0.05, 0) is 84.1 Å². The zero-order valence-corrected chi connectivity index (χ0v) is 25.9. The summed E-state index contributed by atoms with van der Waals surface area (Å²) in [7, 11) is 0. The summed E-state index contributed by atoms with van der Waals surface area (Å²) in [5.74, 6) is -0.928. The molecule has 1 heterocycles. The van der Waals surface area contributed by atoms with Gasteiger partial charge in [-0.2, -0.15) is 31.3 Å². The number of nitrogens with one attached hydrogen (secondary N) is 1. The van der Waals surface area contributed by atoms with E-state index in [1.54, 1.807) is 44.2 Å². The molecular formula is C34H25ClF7N3O3. The normalized spacial score (nSPS) is 12.5. The molecule has 1 aromatic heterocycles. The third kappa shape index (κ3) is 7.96. The topological polar surface area (TPSA) is 77.2 Å². The lowest BCUT2D eigenvalue weighted by Gasteiger charge is -2.18. The third-order valence-corrected chi connectivity index (χ3v) is 7.53. The summed E-state index contributed by atoms with van der Waals surface area (Å²) in [6.45, 7) is 3.33. The molecule has 1 N–H and O–H groups in total. The number of halogens is 8. The number of hydrogen-bond acceptors (Lipinski definition) is 5. The lowest BCUT2D eigenvalue weighted by molar-refractivity contribution is -0.143. The van der Waals surface area contributed by atoms with E-state index >= 15 is 0 Å². The van der Waals surface area contributed by atoms with Crippen LogP contribution in [0.25, 0.3) is 22.3 Å². The van der Waals surface area contributed by atoms with Crippen molar-refractivity contribution in [3.63, 3.8) is 0 Å². The highest BCUT2D eigenvalue weighted by atomic mass is 35.5. The van der Waals surface area contributed by atoms with Gasteiger partial charge in [0.2, 0.25) is 5.89 Å². The molecule has 0 aliphatic carbocycles. The summed E-state index contributed by atoms with van der Waals surface area (Å²) >= 11 is 5.92. The zero-order valence-electron chi connectivity index (χ0n) is 25.1. The number of ether oxygens (including phenoxy) is 1. The van der Waals surface area contributed by atoms with Crippen LogP contribution in [-0.4, -0.2) is 22.7 Å². The largest absolute Gasteiger partial charge is 0.493 e. The highest BCUT2D eigenvalue weighted by Gasteiger charge is 2.37. The van der Waals surface area contributed by atoms with Crippen molar-refractivity contribution in [3.05, 3.63) is 124 Å². The molecule has 4 aromatic carbocycles. The van der Waals surface area contributed by atoms with Crippen LogP contribution in [-0.2, 0) is 18.8 Å². The summed E-state index contributed by atoms with van der Waals surface area (Å²) in [4.78, 5) is 18.0. The first kappa shape index (κ1) is 34.4. The smallest absolute Gasteiger partial charge is 0.416 e. The van der Waals surface area contributed by atoms with Crippen LogP contribution in [0.1, 0.15) is 51.7 Å². The van der Waals surface area contributed by atoms with Crippen LogP contribution in [0.5, 0.6) is 5.75 Å². The number of amides is 1. The Kier molecular flexibility index (Phi) is 9.81. The van der Waals surface area contributed by atoms with Crippen molar-refractivity contribution in [2.75, 3.05) is 6.61 Å². The maximum atomic E-state index is 13.8. The molecule has 14 heteroatoms. The molecule has 0 spiro atoms. The Morgan fingerprint density at radius 1 is 0.854 bits per heavy atom. The third-order valence-electron chi connectivity index (χ3n) is 7.24. The Balaban J connectivity index is 1.48. The van der Waals surface area contributed by atoms with Crippen molar-refractivity contribution in [2.24, 2.45) is 0 Å². The van der Waals surface area contributed by atoms with E-state index in [1.807, 2.05) is 0 Å². The second kappa shape index (κ2) is 13.7. The molecule has 0 unspecified atom stereocenters. The minimum atomic E-state index is -5.05.